The average molecular weight is 250 g/mol. The third-order valence-corrected chi connectivity index (χ3v) is 3.56. The van der Waals surface area contributed by atoms with Crippen molar-refractivity contribution in [3.05, 3.63) is 24.5 Å². The maximum atomic E-state index is 11.9. The molecule has 3 heterocycles. The van der Waals surface area contributed by atoms with Crippen molar-refractivity contribution < 1.29 is 4.79 Å². The van der Waals surface area contributed by atoms with Crippen molar-refractivity contribution in [3.8, 4) is 0 Å². The molecule has 1 aliphatic heterocycles. The van der Waals surface area contributed by atoms with Gasteiger partial charge in [-0.25, -0.2) is 4.98 Å². The molecule has 0 radical (unpaired) electrons. The molecule has 0 saturated carbocycles. The van der Waals surface area contributed by atoms with Crippen LogP contribution in [0, 0.1) is 5.92 Å². The molecule has 2 aromatic rings. The molecular formula is C12H12ClN3O. The maximum Gasteiger partial charge on any atom is 0.227 e. The Morgan fingerprint density at radius 2 is 2.47 bits per heavy atom. The summed E-state index contributed by atoms with van der Waals surface area (Å²) in [5.41, 5.74) is 1.70. The molecule has 17 heavy (non-hydrogen) atoms. The van der Waals surface area contributed by atoms with Crippen LogP contribution in [0.5, 0.6) is 0 Å². The lowest BCUT2D eigenvalue weighted by molar-refractivity contribution is -0.117. The Labute approximate surface area is 104 Å². The van der Waals surface area contributed by atoms with Gasteiger partial charge in [-0.3, -0.25) is 4.79 Å². The first-order valence-corrected chi connectivity index (χ1v) is 6.11. The predicted octanol–water partition coefficient (Wildman–Crippen LogP) is 2.15. The largest absolute Gasteiger partial charge is 0.346 e. The summed E-state index contributed by atoms with van der Waals surface area (Å²) >= 11 is 5.80. The van der Waals surface area contributed by atoms with Gasteiger partial charge in [-0.1, -0.05) is 0 Å². The highest BCUT2D eigenvalue weighted by molar-refractivity contribution is 6.18. The Bertz CT molecular complexity index is 566. The molecular weight excluding hydrogens is 238 g/mol. The molecule has 3 rings (SSSR count). The van der Waals surface area contributed by atoms with Crippen LogP contribution in [0.2, 0.25) is 0 Å². The predicted molar refractivity (Wildman–Crippen MR) is 67.3 cm³/mol. The standard InChI is InChI=1S/C12H12ClN3O/c13-5-8-3-11(17)16(7-8)10-4-9-1-2-14-12(9)15-6-10/h1-2,4,6,8H,3,5,7H2,(H,14,15). The number of hydrogen-bond acceptors (Lipinski definition) is 2. The van der Waals surface area contributed by atoms with Gasteiger partial charge in [0.15, 0.2) is 0 Å². The van der Waals surface area contributed by atoms with E-state index in [1.165, 1.54) is 0 Å². The molecule has 88 valence electrons. The quantitative estimate of drug-likeness (QED) is 0.829. The van der Waals surface area contributed by atoms with E-state index in [9.17, 15) is 4.79 Å². The number of hydrogen-bond donors (Lipinski definition) is 1. The van der Waals surface area contributed by atoms with Crippen LogP contribution in [-0.4, -0.2) is 28.3 Å². The zero-order chi connectivity index (χ0) is 11.8. The van der Waals surface area contributed by atoms with Crippen LogP contribution in [0.4, 0.5) is 5.69 Å². The first kappa shape index (κ1) is 10.6. The van der Waals surface area contributed by atoms with Gasteiger partial charge in [0, 0.05) is 30.4 Å². The topological polar surface area (TPSA) is 49.0 Å². The molecule has 1 N–H and O–H groups in total. The lowest BCUT2D eigenvalue weighted by atomic mass is 10.1. The second kappa shape index (κ2) is 4.04. The fraction of sp³-hybridized carbons (Fsp3) is 0.333. The minimum atomic E-state index is 0.132. The van der Waals surface area contributed by atoms with E-state index in [0.717, 1.165) is 16.7 Å². The van der Waals surface area contributed by atoms with E-state index in [0.29, 0.717) is 18.8 Å². The van der Waals surface area contributed by atoms with Gasteiger partial charge in [-0.05, 0) is 18.1 Å². The van der Waals surface area contributed by atoms with Gasteiger partial charge >= 0.3 is 0 Å². The molecule has 5 heteroatoms. The summed E-state index contributed by atoms with van der Waals surface area (Å²) in [6.45, 7) is 0.694. The van der Waals surface area contributed by atoms with Crippen molar-refractivity contribution in [1.82, 2.24) is 9.97 Å². The van der Waals surface area contributed by atoms with Gasteiger partial charge in [-0.15, -0.1) is 11.6 Å². The Balaban J connectivity index is 1.95. The van der Waals surface area contributed by atoms with Crippen LogP contribution in [0.25, 0.3) is 11.0 Å². The van der Waals surface area contributed by atoms with Crippen molar-refractivity contribution in [2.75, 3.05) is 17.3 Å². The highest BCUT2D eigenvalue weighted by Crippen LogP contribution is 2.27. The molecule has 0 aromatic carbocycles. The van der Waals surface area contributed by atoms with Crippen molar-refractivity contribution >= 4 is 34.2 Å². The van der Waals surface area contributed by atoms with Crippen LogP contribution >= 0.6 is 11.6 Å². The van der Waals surface area contributed by atoms with Crippen LogP contribution < -0.4 is 4.90 Å². The normalized spacial score (nSPS) is 20.4. The molecule has 1 saturated heterocycles. The summed E-state index contributed by atoms with van der Waals surface area (Å²) in [5, 5.41) is 1.02. The highest BCUT2D eigenvalue weighted by Gasteiger charge is 2.30. The number of carbonyl (C=O) groups is 1. The van der Waals surface area contributed by atoms with Crippen molar-refractivity contribution in [3.63, 3.8) is 0 Å². The number of nitrogens with zero attached hydrogens (tertiary/aromatic N) is 2. The van der Waals surface area contributed by atoms with Crippen molar-refractivity contribution in [2.45, 2.75) is 6.42 Å². The number of H-pyrrole nitrogens is 1. The van der Waals surface area contributed by atoms with Gasteiger partial charge in [0.25, 0.3) is 0 Å². The minimum absolute atomic E-state index is 0.132. The third kappa shape index (κ3) is 1.78. The Morgan fingerprint density at radius 3 is 3.24 bits per heavy atom. The molecule has 1 fully saturated rings. The SMILES string of the molecule is O=C1CC(CCl)CN1c1cnc2[nH]ccc2c1. The molecule has 2 aromatic heterocycles. The number of amides is 1. The highest BCUT2D eigenvalue weighted by atomic mass is 35.5. The number of fused-ring (bicyclic) bond motifs is 1. The Kier molecular flexibility index (Phi) is 2.52. The van der Waals surface area contributed by atoms with Gasteiger partial charge in [0.2, 0.25) is 5.91 Å². The molecule has 1 atom stereocenters. The van der Waals surface area contributed by atoms with E-state index in [2.05, 4.69) is 9.97 Å². The number of aromatic amines is 1. The van der Waals surface area contributed by atoms with Gasteiger partial charge in [0.1, 0.15) is 5.65 Å². The second-order valence-electron chi connectivity index (χ2n) is 4.34. The van der Waals surface area contributed by atoms with E-state index in [4.69, 9.17) is 11.6 Å². The van der Waals surface area contributed by atoms with Gasteiger partial charge in [-0.2, -0.15) is 0 Å². The summed E-state index contributed by atoms with van der Waals surface area (Å²) in [6.07, 6.45) is 4.11. The summed E-state index contributed by atoms with van der Waals surface area (Å²) in [6, 6.07) is 3.93. The fourth-order valence-corrected chi connectivity index (χ4v) is 2.42. The number of carbonyl (C=O) groups excluding carboxylic acids is 1. The lowest BCUT2D eigenvalue weighted by Gasteiger charge is -2.15. The fourth-order valence-electron chi connectivity index (χ4n) is 2.21. The third-order valence-electron chi connectivity index (χ3n) is 3.12. The first-order chi connectivity index (χ1) is 8.28. The number of rotatable bonds is 2. The molecule has 0 spiro atoms. The first-order valence-electron chi connectivity index (χ1n) is 5.57. The summed E-state index contributed by atoms with van der Waals surface area (Å²) < 4.78 is 0. The van der Waals surface area contributed by atoms with Crippen molar-refractivity contribution in [1.29, 1.82) is 0 Å². The Morgan fingerprint density at radius 1 is 1.59 bits per heavy atom. The number of pyridine rings is 1. The van der Waals surface area contributed by atoms with E-state index >= 15 is 0 Å². The summed E-state index contributed by atoms with van der Waals surface area (Å²) in [4.78, 5) is 20.9. The molecule has 0 bridgehead atoms. The number of aromatic nitrogens is 2. The Hall–Kier alpha value is -1.55. The second-order valence-corrected chi connectivity index (χ2v) is 4.65. The average Bonchev–Trinajstić information content (AvgIpc) is 2.93. The number of alkyl halides is 1. The molecule has 1 amide bonds. The van der Waals surface area contributed by atoms with Crippen LogP contribution in [0.3, 0.4) is 0 Å². The minimum Gasteiger partial charge on any atom is -0.346 e. The van der Waals surface area contributed by atoms with E-state index in [1.807, 2.05) is 18.3 Å². The monoisotopic (exact) mass is 249 g/mol. The number of halogens is 1. The van der Waals surface area contributed by atoms with E-state index < -0.39 is 0 Å². The van der Waals surface area contributed by atoms with E-state index in [-0.39, 0.29) is 11.8 Å². The lowest BCUT2D eigenvalue weighted by Crippen LogP contribution is -2.24. The molecule has 1 unspecified atom stereocenters. The smallest absolute Gasteiger partial charge is 0.227 e. The summed E-state index contributed by atoms with van der Waals surface area (Å²) in [5.74, 6) is 0.917. The van der Waals surface area contributed by atoms with Crippen LogP contribution in [-0.2, 0) is 4.79 Å². The summed E-state index contributed by atoms with van der Waals surface area (Å²) in [7, 11) is 0. The molecule has 0 aliphatic carbocycles. The zero-order valence-electron chi connectivity index (χ0n) is 9.19. The zero-order valence-corrected chi connectivity index (χ0v) is 9.94. The van der Waals surface area contributed by atoms with E-state index in [1.54, 1.807) is 11.1 Å². The van der Waals surface area contributed by atoms with Gasteiger partial charge in [0.05, 0.1) is 11.9 Å². The van der Waals surface area contributed by atoms with Gasteiger partial charge < -0.3 is 9.88 Å². The van der Waals surface area contributed by atoms with Crippen LogP contribution in [0.1, 0.15) is 6.42 Å². The molecule has 4 nitrogen and oxygen atoms in total. The maximum absolute atomic E-state index is 11.9. The van der Waals surface area contributed by atoms with Crippen LogP contribution in [0.15, 0.2) is 24.5 Å². The number of nitrogens with one attached hydrogen (secondary N) is 1. The molecule has 1 aliphatic rings. The van der Waals surface area contributed by atoms with Crippen molar-refractivity contribution in [2.24, 2.45) is 5.92 Å². The number of anilines is 1.